The van der Waals surface area contributed by atoms with Gasteiger partial charge in [0, 0.05) is 11.8 Å². The summed E-state index contributed by atoms with van der Waals surface area (Å²) in [6.07, 6.45) is 3.34. The summed E-state index contributed by atoms with van der Waals surface area (Å²) in [6, 6.07) is 2.54. The molecule has 3 rings (SSSR count). The minimum atomic E-state index is -0.00294. The van der Waals surface area contributed by atoms with Crippen LogP contribution < -0.4 is 5.32 Å². The Kier molecular flexibility index (Phi) is 4.15. The number of nitrogens with one attached hydrogen (secondary N) is 1. The molecule has 3 unspecified atom stereocenters. The van der Waals surface area contributed by atoms with Crippen molar-refractivity contribution in [1.82, 2.24) is 10.2 Å². The first-order valence-electron chi connectivity index (χ1n) is 6.99. The molecule has 1 N–H and O–H groups in total. The lowest BCUT2D eigenvalue weighted by atomic mass is 10.1. The number of amides is 1. The predicted octanol–water partition coefficient (Wildman–Crippen LogP) is 2.85. The average Bonchev–Trinajstić information content (AvgIpc) is 3.07. The van der Waals surface area contributed by atoms with Crippen molar-refractivity contribution in [2.75, 3.05) is 11.5 Å². The van der Waals surface area contributed by atoms with Crippen LogP contribution in [0.25, 0.3) is 0 Å². The van der Waals surface area contributed by atoms with Crippen LogP contribution in [0.1, 0.15) is 37.9 Å². The number of thiophene rings is 1. The van der Waals surface area contributed by atoms with Gasteiger partial charge in [-0.2, -0.15) is 23.1 Å². The largest absolute Gasteiger partial charge is 0.318 e. The van der Waals surface area contributed by atoms with Gasteiger partial charge in [0.25, 0.3) is 0 Å². The van der Waals surface area contributed by atoms with Gasteiger partial charge in [0.2, 0.25) is 5.91 Å². The highest BCUT2D eigenvalue weighted by Gasteiger charge is 2.42. The summed E-state index contributed by atoms with van der Waals surface area (Å²) in [4.78, 5) is 14.7. The third kappa shape index (κ3) is 2.56. The standard InChI is InChI=1S/C14H20N2OS2/c1-2-12-14(17)16(11-4-3-6-18-9-11)13(15-12)10-5-7-19-8-10/h5,7-8,11-13,15H,2-4,6,9H2,1H3. The van der Waals surface area contributed by atoms with Crippen molar-refractivity contribution in [3.05, 3.63) is 22.4 Å². The third-order valence-electron chi connectivity index (χ3n) is 3.99. The molecule has 0 radical (unpaired) electrons. The predicted molar refractivity (Wildman–Crippen MR) is 81.5 cm³/mol. The van der Waals surface area contributed by atoms with E-state index < -0.39 is 0 Å². The monoisotopic (exact) mass is 296 g/mol. The summed E-state index contributed by atoms with van der Waals surface area (Å²) in [5.41, 5.74) is 1.24. The highest BCUT2D eigenvalue weighted by Crippen LogP contribution is 2.34. The molecule has 0 aromatic carbocycles. The molecule has 3 nitrogen and oxygen atoms in total. The van der Waals surface area contributed by atoms with Gasteiger partial charge in [0.15, 0.2) is 0 Å². The number of thioether (sulfide) groups is 1. The molecule has 5 heteroatoms. The van der Waals surface area contributed by atoms with Gasteiger partial charge >= 0.3 is 0 Å². The van der Waals surface area contributed by atoms with Gasteiger partial charge in [-0.25, -0.2) is 0 Å². The van der Waals surface area contributed by atoms with Crippen LogP contribution in [-0.4, -0.2) is 34.4 Å². The molecule has 2 fully saturated rings. The number of rotatable bonds is 3. The first kappa shape index (κ1) is 13.5. The van der Waals surface area contributed by atoms with Crippen molar-refractivity contribution in [1.29, 1.82) is 0 Å². The summed E-state index contributed by atoms with van der Waals surface area (Å²) < 4.78 is 0. The topological polar surface area (TPSA) is 32.3 Å². The molecule has 2 aliphatic heterocycles. The smallest absolute Gasteiger partial charge is 0.241 e. The van der Waals surface area contributed by atoms with Crippen LogP contribution in [0.3, 0.4) is 0 Å². The lowest BCUT2D eigenvalue weighted by Crippen LogP contribution is -2.42. The van der Waals surface area contributed by atoms with Gasteiger partial charge < -0.3 is 4.90 Å². The maximum atomic E-state index is 12.6. The Labute approximate surface area is 122 Å². The fourth-order valence-electron chi connectivity index (χ4n) is 2.96. The molecular formula is C14H20N2OS2. The second kappa shape index (κ2) is 5.85. The van der Waals surface area contributed by atoms with Gasteiger partial charge in [-0.1, -0.05) is 6.92 Å². The van der Waals surface area contributed by atoms with Crippen LogP contribution in [-0.2, 0) is 4.79 Å². The fraction of sp³-hybridized carbons (Fsp3) is 0.643. The number of hydrogen-bond acceptors (Lipinski definition) is 4. The van der Waals surface area contributed by atoms with Crippen LogP contribution >= 0.6 is 23.1 Å². The summed E-state index contributed by atoms with van der Waals surface area (Å²) >= 11 is 3.68. The van der Waals surface area contributed by atoms with Gasteiger partial charge in [-0.15, -0.1) is 0 Å². The van der Waals surface area contributed by atoms with Gasteiger partial charge in [0.05, 0.1) is 6.04 Å². The zero-order chi connectivity index (χ0) is 13.2. The SMILES string of the molecule is CCC1NC(c2ccsc2)N(C2CCCSC2)C1=O. The first-order chi connectivity index (χ1) is 9.31. The van der Waals surface area contributed by atoms with E-state index in [0.717, 1.165) is 18.6 Å². The van der Waals surface area contributed by atoms with Crippen molar-refractivity contribution in [3.63, 3.8) is 0 Å². The van der Waals surface area contributed by atoms with E-state index in [4.69, 9.17) is 0 Å². The maximum Gasteiger partial charge on any atom is 0.241 e. The van der Waals surface area contributed by atoms with Crippen molar-refractivity contribution in [2.24, 2.45) is 0 Å². The third-order valence-corrected chi connectivity index (χ3v) is 5.89. The molecule has 19 heavy (non-hydrogen) atoms. The average molecular weight is 296 g/mol. The normalized spacial score (nSPS) is 31.9. The summed E-state index contributed by atoms with van der Waals surface area (Å²) in [7, 11) is 0. The molecular weight excluding hydrogens is 276 g/mol. The van der Waals surface area contributed by atoms with Crippen LogP contribution in [0.2, 0.25) is 0 Å². The van der Waals surface area contributed by atoms with Crippen LogP contribution in [0.5, 0.6) is 0 Å². The Morgan fingerprint density at radius 3 is 3.05 bits per heavy atom. The highest BCUT2D eigenvalue weighted by molar-refractivity contribution is 7.99. The molecule has 3 heterocycles. The zero-order valence-corrected chi connectivity index (χ0v) is 12.8. The first-order valence-corrected chi connectivity index (χ1v) is 9.09. The molecule has 104 valence electrons. The quantitative estimate of drug-likeness (QED) is 0.931. The molecule has 0 saturated carbocycles. The Bertz CT molecular complexity index is 429. The second-order valence-corrected chi connectivity index (χ2v) is 7.13. The molecule has 0 spiro atoms. The number of hydrogen-bond donors (Lipinski definition) is 1. The van der Waals surface area contributed by atoms with E-state index in [1.807, 2.05) is 11.8 Å². The molecule has 3 atom stereocenters. The minimum absolute atomic E-state index is 0.00294. The van der Waals surface area contributed by atoms with Crippen LogP contribution in [0.4, 0.5) is 0 Å². The van der Waals surface area contributed by atoms with Crippen molar-refractivity contribution < 1.29 is 4.79 Å². The Hall–Kier alpha value is -0.520. The van der Waals surface area contributed by atoms with E-state index in [9.17, 15) is 4.79 Å². The Balaban J connectivity index is 1.85. The maximum absolute atomic E-state index is 12.6. The summed E-state index contributed by atoms with van der Waals surface area (Å²) in [6.45, 7) is 2.08. The molecule has 2 aliphatic rings. The molecule has 0 aliphatic carbocycles. The van der Waals surface area contributed by atoms with E-state index in [2.05, 4.69) is 34.0 Å². The number of carbonyl (C=O) groups is 1. The molecule has 1 aromatic rings. The van der Waals surface area contributed by atoms with E-state index in [-0.39, 0.29) is 12.2 Å². The highest BCUT2D eigenvalue weighted by atomic mass is 32.2. The van der Waals surface area contributed by atoms with E-state index in [1.165, 1.54) is 17.7 Å². The van der Waals surface area contributed by atoms with Crippen LogP contribution in [0, 0.1) is 0 Å². The minimum Gasteiger partial charge on any atom is -0.318 e. The molecule has 1 aromatic heterocycles. The summed E-state index contributed by atoms with van der Waals surface area (Å²) in [5.74, 6) is 2.63. The number of nitrogens with zero attached hydrogens (tertiary/aromatic N) is 1. The molecule has 1 amide bonds. The van der Waals surface area contributed by atoms with E-state index >= 15 is 0 Å². The summed E-state index contributed by atoms with van der Waals surface area (Å²) in [5, 5.41) is 7.76. The van der Waals surface area contributed by atoms with Gasteiger partial charge in [-0.05, 0) is 47.4 Å². The lowest BCUT2D eigenvalue weighted by molar-refractivity contribution is -0.132. The Morgan fingerprint density at radius 2 is 2.42 bits per heavy atom. The second-order valence-electron chi connectivity index (χ2n) is 5.20. The zero-order valence-electron chi connectivity index (χ0n) is 11.2. The lowest BCUT2D eigenvalue weighted by Gasteiger charge is -2.34. The molecule has 2 saturated heterocycles. The van der Waals surface area contributed by atoms with E-state index in [0.29, 0.717) is 11.9 Å². The van der Waals surface area contributed by atoms with Crippen molar-refractivity contribution in [2.45, 2.75) is 44.4 Å². The fourth-order valence-corrected chi connectivity index (χ4v) is 4.78. The molecule has 0 bridgehead atoms. The van der Waals surface area contributed by atoms with Crippen molar-refractivity contribution in [3.8, 4) is 0 Å². The van der Waals surface area contributed by atoms with Gasteiger partial charge in [-0.3, -0.25) is 10.1 Å². The Morgan fingerprint density at radius 1 is 1.53 bits per heavy atom. The van der Waals surface area contributed by atoms with Crippen molar-refractivity contribution >= 4 is 29.0 Å². The van der Waals surface area contributed by atoms with Crippen LogP contribution in [0.15, 0.2) is 16.8 Å². The number of carbonyl (C=O) groups excluding carboxylic acids is 1. The van der Waals surface area contributed by atoms with E-state index in [1.54, 1.807) is 11.3 Å². The van der Waals surface area contributed by atoms with Gasteiger partial charge in [0.1, 0.15) is 6.17 Å².